The number of carbonyl (C=O) groups excluding carboxylic acids is 1. The van der Waals surface area contributed by atoms with E-state index in [1.165, 1.54) is 6.07 Å². The third kappa shape index (κ3) is 1.93. The van der Waals surface area contributed by atoms with E-state index in [-0.39, 0.29) is 35.7 Å². The van der Waals surface area contributed by atoms with Crippen LogP contribution in [0.4, 0.5) is 10.6 Å². The molecule has 0 saturated heterocycles. The van der Waals surface area contributed by atoms with E-state index < -0.39 is 11.7 Å². The Morgan fingerprint density at radius 2 is 2.19 bits per heavy atom. The van der Waals surface area contributed by atoms with Crippen LogP contribution in [0, 0.1) is 0 Å². The van der Waals surface area contributed by atoms with Gasteiger partial charge in [0.05, 0.1) is 12.1 Å². The summed E-state index contributed by atoms with van der Waals surface area (Å²) in [6.07, 6.45) is -1.26. The topological polar surface area (TPSA) is 120 Å². The summed E-state index contributed by atoms with van der Waals surface area (Å²) >= 11 is 0. The molecular formula is C12H13N5O4. The van der Waals surface area contributed by atoms with Gasteiger partial charge in [-0.2, -0.15) is 4.52 Å². The van der Waals surface area contributed by atoms with Gasteiger partial charge in [0.15, 0.2) is 5.65 Å². The van der Waals surface area contributed by atoms with Crippen LogP contribution in [-0.2, 0) is 6.54 Å². The van der Waals surface area contributed by atoms with Crippen molar-refractivity contribution in [3.63, 3.8) is 0 Å². The zero-order valence-corrected chi connectivity index (χ0v) is 11.4. The minimum atomic E-state index is -1.26. The predicted octanol–water partition coefficient (Wildman–Crippen LogP) is 0.477. The number of H-pyrrole nitrogens is 1. The molecule has 1 aliphatic rings. The van der Waals surface area contributed by atoms with Crippen molar-refractivity contribution in [1.29, 1.82) is 0 Å². The molecule has 0 bridgehead atoms. The van der Waals surface area contributed by atoms with Gasteiger partial charge in [-0.1, -0.05) is 0 Å². The summed E-state index contributed by atoms with van der Waals surface area (Å²) in [6, 6.07) is 1.33. The average molecular weight is 291 g/mol. The molecule has 2 aromatic rings. The Balaban J connectivity index is 2.14. The first-order valence-electron chi connectivity index (χ1n) is 6.34. The fourth-order valence-electron chi connectivity index (χ4n) is 2.35. The molecule has 0 unspecified atom stereocenters. The van der Waals surface area contributed by atoms with Crippen molar-refractivity contribution in [2.24, 2.45) is 0 Å². The molecule has 1 aliphatic heterocycles. The highest BCUT2D eigenvalue weighted by Gasteiger charge is 2.34. The molecule has 0 atom stereocenters. The quantitative estimate of drug-likeness (QED) is 0.743. The molecule has 2 aromatic heterocycles. The molecule has 0 aliphatic carbocycles. The minimum Gasteiger partial charge on any atom is -0.465 e. The Bertz CT molecular complexity index is 819. The van der Waals surface area contributed by atoms with Gasteiger partial charge in [0.1, 0.15) is 11.5 Å². The Hall–Kier alpha value is -2.84. The summed E-state index contributed by atoms with van der Waals surface area (Å²) in [5.41, 5.74) is 0.246. The zero-order valence-electron chi connectivity index (χ0n) is 11.4. The number of amides is 2. The van der Waals surface area contributed by atoms with Crippen LogP contribution in [0.2, 0.25) is 0 Å². The summed E-state index contributed by atoms with van der Waals surface area (Å²) in [4.78, 5) is 40.9. The number of nitrogens with one attached hydrogen (secondary N) is 2. The highest BCUT2D eigenvalue weighted by atomic mass is 16.4. The van der Waals surface area contributed by atoms with Gasteiger partial charge in [-0.15, -0.1) is 0 Å². The second kappa shape index (κ2) is 4.33. The lowest BCUT2D eigenvalue weighted by molar-refractivity contribution is 0.0726. The van der Waals surface area contributed by atoms with Crippen LogP contribution in [0.15, 0.2) is 10.9 Å². The van der Waals surface area contributed by atoms with Crippen LogP contribution in [0.1, 0.15) is 29.9 Å². The number of anilines is 1. The van der Waals surface area contributed by atoms with Gasteiger partial charge in [-0.25, -0.2) is 9.78 Å². The lowest BCUT2D eigenvalue weighted by Crippen LogP contribution is -2.31. The van der Waals surface area contributed by atoms with E-state index in [0.717, 1.165) is 4.52 Å². The average Bonchev–Trinajstić information content (AvgIpc) is 2.92. The summed E-state index contributed by atoms with van der Waals surface area (Å²) < 4.78 is 1.13. The highest BCUT2D eigenvalue weighted by molar-refractivity contribution is 5.97. The second-order valence-electron chi connectivity index (χ2n) is 5.06. The van der Waals surface area contributed by atoms with Crippen molar-refractivity contribution in [3.8, 4) is 0 Å². The van der Waals surface area contributed by atoms with Crippen molar-refractivity contribution >= 4 is 23.5 Å². The van der Waals surface area contributed by atoms with Crippen LogP contribution in [0.5, 0.6) is 0 Å². The highest BCUT2D eigenvalue weighted by Crippen LogP contribution is 2.21. The van der Waals surface area contributed by atoms with Crippen LogP contribution >= 0.6 is 0 Å². The van der Waals surface area contributed by atoms with E-state index in [1.807, 2.05) is 13.8 Å². The Morgan fingerprint density at radius 1 is 1.48 bits per heavy atom. The maximum absolute atomic E-state index is 12.4. The second-order valence-corrected chi connectivity index (χ2v) is 5.06. The van der Waals surface area contributed by atoms with Crippen molar-refractivity contribution in [2.45, 2.75) is 26.4 Å². The molecule has 9 heteroatoms. The van der Waals surface area contributed by atoms with Gasteiger partial charge in [-0.3, -0.25) is 20.0 Å². The molecule has 3 N–H and O–H groups in total. The number of nitrogens with zero attached hydrogens (tertiary/aromatic N) is 3. The van der Waals surface area contributed by atoms with Crippen LogP contribution in [0.3, 0.4) is 0 Å². The molecule has 0 aromatic carbocycles. The normalized spacial score (nSPS) is 14.0. The van der Waals surface area contributed by atoms with Crippen molar-refractivity contribution in [2.75, 3.05) is 5.32 Å². The van der Waals surface area contributed by atoms with E-state index in [4.69, 9.17) is 5.11 Å². The summed E-state index contributed by atoms with van der Waals surface area (Å²) in [5.74, 6) is -0.169. The Labute approximate surface area is 118 Å². The predicted molar refractivity (Wildman–Crippen MR) is 72.5 cm³/mol. The summed E-state index contributed by atoms with van der Waals surface area (Å²) in [6.45, 7) is 3.94. The first-order chi connectivity index (χ1) is 9.88. The lowest BCUT2D eigenvalue weighted by atomic mass is 10.2. The maximum atomic E-state index is 12.4. The zero-order chi connectivity index (χ0) is 15.3. The number of aromatic nitrogens is 3. The monoisotopic (exact) mass is 291 g/mol. The van der Waals surface area contributed by atoms with E-state index in [2.05, 4.69) is 15.4 Å². The molecule has 0 fully saturated rings. The van der Waals surface area contributed by atoms with Gasteiger partial charge >= 0.3 is 6.09 Å². The SMILES string of the molecule is CC(C)N1Cc2c(nc3cc(NC(=O)O)[nH]n3c2=O)C1=O. The number of rotatable bonds is 2. The first kappa shape index (κ1) is 13.2. The van der Waals surface area contributed by atoms with Gasteiger partial charge in [0.25, 0.3) is 11.5 Å². The fraction of sp³-hybridized carbons (Fsp3) is 0.333. The number of hydrogen-bond donors (Lipinski definition) is 3. The first-order valence-corrected chi connectivity index (χ1v) is 6.34. The van der Waals surface area contributed by atoms with Gasteiger partial charge in [0, 0.05) is 12.1 Å². The van der Waals surface area contributed by atoms with E-state index >= 15 is 0 Å². The van der Waals surface area contributed by atoms with Gasteiger partial charge in [-0.05, 0) is 13.8 Å². The molecule has 0 spiro atoms. The smallest absolute Gasteiger partial charge is 0.410 e. The maximum Gasteiger partial charge on any atom is 0.410 e. The molecule has 21 heavy (non-hydrogen) atoms. The van der Waals surface area contributed by atoms with Crippen LogP contribution in [-0.4, -0.2) is 42.6 Å². The number of fused-ring (bicyclic) bond motifs is 2. The van der Waals surface area contributed by atoms with E-state index in [1.54, 1.807) is 4.90 Å². The number of carbonyl (C=O) groups is 2. The fourth-order valence-corrected chi connectivity index (χ4v) is 2.35. The molecule has 110 valence electrons. The molecule has 0 saturated carbocycles. The van der Waals surface area contributed by atoms with Crippen molar-refractivity contribution in [1.82, 2.24) is 19.5 Å². The van der Waals surface area contributed by atoms with Crippen molar-refractivity contribution < 1.29 is 14.7 Å². The number of aromatic amines is 1. The molecule has 3 rings (SSSR count). The van der Waals surface area contributed by atoms with Gasteiger partial charge < -0.3 is 10.0 Å². The summed E-state index contributed by atoms with van der Waals surface area (Å²) in [5, 5.41) is 13.4. The largest absolute Gasteiger partial charge is 0.465 e. The summed E-state index contributed by atoms with van der Waals surface area (Å²) in [7, 11) is 0. The number of carboxylic acid groups (broad SMARTS) is 1. The number of hydrogen-bond acceptors (Lipinski definition) is 4. The molecule has 2 amide bonds. The molecular weight excluding hydrogens is 278 g/mol. The molecule has 0 radical (unpaired) electrons. The Morgan fingerprint density at radius 3 is 2.81 bits per heavy atom. The van der Waals surface area contributed by atoms with Gasteiger partial charge in [0.2, 0.25) is 0 Å². The standard InChI is InChI=1S/C12H13N5O4/c1-5(2)16-4-6-9(11(16)19)14-8-3-7(13-12(20)21)15-17(8)10(6)18/h3,5,13,15H,4H2,1-2H3,(H,20,21). The Kier molecular flexibility index (Phi) is 2.71. The minimum absolute atomic E-state index is 0.0290. The lowest BCUT2D eigenvalue weighted by Gasteiger charge is -2.19. The van der Waals surface area contributed by atoms with Crippen molar-refractivity contribution in [3.05, 3.63) is 27.7 Å². The van der Waals surface area contributed by atoms with Crippen LogP contribution in [0.25, 0.3) is 5.65 Å². The third-order valence-corrected chi connectivity index (χ3v) is 3.37. The van der Waals surface area contributed by atoms with E-state index in [0.29, 0.717) is 5.56 Å². The third-order valence-electron chi connectivity index (χ3n) is 3.37. The van der Waals surface area contributed by atoms with Crippen LogP contribution < -0.4 is 10.9 Å². The van der Waals surface area contributed by atoms with E-state index in [9.17, 15) is 14.4 Å². The molecule has 9 nitrogen and oxygen atoms in total. The molecule has 3 heterocycles.